The minimum Gasteiger partial charge on any atom is -0.481 e. The van der Waals surface area contributed by atoms with Crippen molar-refractivity contribution in [2.24, 2.45) is 0 Å². The van der Waals surface area contributed by atoms with Crippen LogP contribution < -0.4 is 9.47 Å². The smallest absolute Gasteiger partial charge is 0.326 e. The van der Waals surface area contributed by atoms with Gasteiger partial charge in [-0.3, -0.25) is 14.5 Å². The SMILES string of the molecule is O=C(O)CC[C@@H](C(=O)O)N1C(=O)/C(=C/c2ccc3c(c2)OCO3)SC1=S. The first-order chi connectivity index (χ1) is 12.4. The highest BCUT2D eigenvalue weighted by Gasteiger charge is 2.40. The Morgan fingerprint density at radius 1 is 1.31 bits per heavy atom. The van der Waals surface area contributed by atoms with Crippen LogP contribution in [-0.2, 0) is 14.4 Å². The van der Waals surface area contributed by atoms with Gasteiger partial charge in [0.1, 0.15) is 10.4 Å². The number of amides is 1. The molecule has 1 amide bonds. The quantitative estimate of drug-likeness (QED) is 0.551. The lowest BCUT2D eigenvalue weighted by atomic mass is 10.1. The first-order valence-corrected chi connectivity index (χ1v) is 8.70. The second-order valence-electron chi connectivity index (χ2n) is 5.45. The summed E-state index contributed by atoms with van der Waals surface area (Å²) in [6, 6.07) is 3.83. The van der Waals surface area contributed by atoms with E-state index in [2.05, 4.69) is 0 Å². The van der Waals surface area contributed by atoms with Crippen LogP contribution in [0.4, 0.5) is 0 Å². The van der Waals surface area contributed by atoms with Gasteiger partial charge in [-0.25, -0.2) is 4.79 Å². The highest BCUT2D eigenvalue weighted by Crippen LogP contribution is 2.37. The van der Waals surface area contributed by atoms with E-state index in [-0.39, 0.29) is 28.9 Å². The number of fused-ring (bicyclic) bond motifs is 1. The molecule has 0 radical (unpaired) electrons. The summed E-state index contributed by atoms with van der Waals surface area (Å²) in [7, 11) is 0. The lowest BCUT2D eigenvalue weighted by Gasteiger charge is -2.22. The molecule has 26 heavy (non-hydrogen) atoms. The standard InChI is InChI=1S/C16H13NO7S2/c18-13(19)4-2-9(15(21)22)17-14(20)12(26-16(17)25)6-8-1-3-10-11(5-8)24-7-23-10/h1,3,5-6,9H,2,4,7H2,(H,18,19)(H,21,22)/b12-6-/t9-/m0/s1. The Hall–Kier alpha value is -2.59. The van der Waals surface area contributed by atoms with Crippen LogP contribution in [0.1, 0.15) is 18.4 Å². The molecule has 0 aliphatic carbocycles. The van der Waals surface area contributed by atoms with Crippen LogP contribution in [0.15, 0.2) is 23.1 Å². The summed E-state index contributed by atoms with van der Waals surface area (Å²) in [4.78, 5) is 36.1. The van der Waals surface area contributed by atoms with Crippen LogP contribution in [0.3, 0.4) is 0 Å². The molecule has 0 saturated carbocycles. The zero-order valence-corrected chi connectivity index (χ0v) is 14.8. The molecule has 136 valence electrons. The van der Waals surface area contributed by atoms with Gasteiger partial charge in [-0.15, -0.1) is 0 Å². The monoisotopic (exact) mass is 395 g/mol. The largest absolute Gasteiger partial charge is 0.481 e. The van der Waals surface area contributed by atoms with Crippen molar-refractivity contribution < 1.29 is 34.1 Å². The number of nitrogens with zero attached hydrogens (tertiary/aromatic N) is 1. The average molecular weight is 395 g/mol. The number of hydrogen-bond acceptors (Lipinski definition) is 7. The highest BCUT2D eigenvalue weighted by atomic mass is 32.2. The maximum absolute atomic E-state index is 12.6. The van der Waals surface area contributed by atoms with Crippen molar-refractivity contribution in [1.29, 1.82) is 0 Å². The van der Waals surface area contributed by atoms with Gasteiger partial charge in [0.05, 0.1) is 4.91 Å². The Balaban J connectivity index is 1.83. The van der Waals surface area contributed by atoms with Crippen molar-refractivity contribution in [3.63, 3.8) is 0 Å². The number of aliphatic carboxylic acids is 2. The van der Waals surface area contributed by atoms with Gasteiger partial charge in [0.2, 0.25) is 6.79 Å². The predicted molar refractivity (Wildman–Crippen MR) is 95.9 cm³/mol. The molecule has 2 aliphatic heterocycles. The maximum Gasteiger partial charge on any atom is 0.326 e. The number of rotatable bonds is 6. The molecule has 8 nitrogen and oxygen atoms in total. The van der Waals surface area contributed by atoms with Crippen molar-refractivity contribution in [1.82, 2.24) is 4.90 Å². The molecule has 3 rings (SSSR count). The van der Waals surface area contributed by atoms with E-state index in [1.807, 2.05) is 0 Å². The Morgan fingerprint density at radius 2 is 2.04 bits per heavy atom. The summed E-state index contributed by atoms with van der Waals surface area (Å²) >= 11 is 6.11. The number of carbonyl (C=O) groups excluding carboxylic acids is 1. The predicted octanol–water partition coefficient (Wildman–Crippen LogP) is 1.93. The third kappa shape index (κ3) is 3.65. The van der Waals surface area contributed by atoms with E-state index in [0.717, 1.165) is 16.7 Å². The van der Waals surface area contributed by atoms with Crippen LogP contribution in [0, 0.1) is 0 Å². The zero-order valence-electron chi connectivity index (χ0n) is 13.2. The molecule has 2 heterocycles. The number of hydrogen-bond donors (Lipinski definition) is 2. The number of carboxylic acid groups (broad SMARTS) is 2. The fourth-order valence-corrected chi connectivity index (χ4v) is 3.88. The molecule has 1 fully saturated rings. The van der Waals surface area contributed by atoms with E-state index >= 15 is 0 Å². The summed E-state index contributed by atoms with van der Waals surface area (Å²) in [5.41, 5.74) is 0.673. The first-order valence-electron chi connectivity index (χ1n) is 7.48. The Morgan fingerprint density at radius 3 is 2.73 bits per heavy atom. The molecular weight excluding hydrogens is 382 g/mol. The molecule has 0 bridgehead atoms. The number of thiocarbonyl (C=S) groups is 1. The summed E-state index contributed by atoms with van der Waals surface area (Å²) < 4.78 is 10.6. The van der Waals surface area contributed by atoms with Crippen LogP contribution >= 0.6 is 24.0 Å². The van der Waals surface area contributed by atoms with Crippen LogP contribution in [0.5, 0.6) is 11.5 Å². The Bertz CT molecular complexity index is 836. The molecule has 0 aromatic heterocycles. The van der Waals surface area contributed by atoms with Gasteiger partial charge in [-0.2, -0.15) is 0 Å². The molecule has 2 N–H and O–H groups in total. The average Bonchev–Trinajstić information content (AvgIpc) is 3.13. The van der Waals surface area contributed by atoms with Gasteiger partial charge >= 0.3 is 11.9 Å². The number of carboxylic acids is 2. The van der Waals surface area contributed by atoms with E-state index < -0.39 is 23.9 Å². The zero-order chi connectivity index (χ0) is 18.8. The highest BCUT2D eigenvalue weighted by molar-refractivity contribution is 8.26. The summed E-state index contributed by atoms with van der Waals surface area (Å²) in [6.07, 6.45) is 0.973. The van der Waals surface area contributed by atoms with Crippen molar-refractivity contribution in [3.05, 3.63) is 28.7 Å². The van der Waals surface area contributed by atoms with E-state index in [1.54, 1.807) is 24.3 Å². The second kappa shape index (κ2) is 7.34. The lowest BCUT2D eigenvalue weighted by molar-refractivity contribution is -0.146. The summed E-state index contributed by atoms with van der Waals surface area (Å²) in [6.45, 7) is 0.130. The number of carbonyl (C=O) groups is 3. The molecular formula is C16H13NO7S2. The normalized spacial score (nSPS) is 18.5. The lowest BCUT2D eigenvalue weighted by Crippen LogP contribution is -2.44. The van der Waals surface area contributed by atoms with Gasteiger partial charge in [0.25, 0.3) is 5.91 Å². The third-order valence-corrected chi connectivity index (χ3v) is 5.08. The Kier molecular flexibility index (Phi) is 5.14. The van der Waals surface area contributed by atoms with E-state index in [4.69, 9.17) is 26.8 Å². The van der Waals surface area contributed by atoms with Crippen LogP contribution in [0.2, 0.25) is 0 Å². The second-order valence-corrected chi connectivity index (χ2v) is 7.13. The van der Waals surface area contributed by atoms with E-state index in [1.165, 1.54) is 0 Å². The molecule has 1 aromatic rings. The van der Waals surface area contributed by atoms with Crippen molar-refractivity contribution >= 4 is 52.2 Å². The summed E-state index contributed by atoms with van der Waals surface area (Å²) in [5, 5.41) is 18.1. The maximum atomic E-state index is 12.6. The molecule has 0 spiro atoms. The van der Waals surface area contributed by atoms with E-state index in [0.29, 0.717) is 17.1 Å². The number of benzene rings is 1. The van der Waals surface area contributed by atoms with Gasteiger partial charge < -0.3 is 19.7 Å². The van der Waals surface area contributed by atoms with Crippen LogP contribution in [-0.4, -0.2) is 50.1 Å². The molecule has 1 atom stereocenters. The van der Waals surface area contributed by atoms with Gasteiger partial charge in [-0.1, -0.05) is 30.0 Å². The molecule has 10 heteroatoms. The molecule has 0 unspecified atom stereocenters. The number of thioether (sulfide) groups is 1. The minimum absolute atomic E-state index is 0.0831. The first kappa shape index (κ1) is 18.2. The Labute approximate surface area is 157 Å². The molecule has 1 aromatic carbocycles. The summed E-state index contributed by atoms with van der Waals surface area (Å²) in [5.74, 6) is -1.84. The number of ether oxygens (including phenoxy) is 2. The van der Waals surface area contributed by atoms with Crippen molar-refractivity contribution in [2.75, 3.05) is 6.79 Å². The van der Waals surface area contributed by atoms with Crippen molar-refractivity contribution in [3.8, 4) is 11.5 Å². The van der Waals surface area contributed by atoms with Crippen molar-refractivity contribution in [2.45, 2.75) is 18.9 Å². The fourth-order valence-electron chi connectivity index (χ4n) is 2.53. The van der Waals surface area contributed by atoms with E-state index in [9.17, 15) is 19.5 Å². The minimum atomic E-state index is -1.32. The van der Waals surface area contributed by atoms with Gasteiger partial charge in [-0.05, 0) is 30.2 Å². The molecule has 2 aliphatic rings. The van der Waals surface area contributed by atoms with Gasteiger partial charge in [0, 0.05) is 6.42 Å². The van der Waals surface area contributed by atoms with Crippen LogP contribution in [0.25, 0.3) is 6.08 Å². The topological polar surface area (TPSA) is 113 Å². The van der Waals surface area contributed by atoms with Gasteiger partial charge in [0.15, 0.2) is 11.5 Å². The third-order valence-electron chi connectivity index (χ3n) is 3.75. The molecule has 1 saturated heterocycles. The fraction of sp³-hybridized carbons (Fsp3) is 0.250.